The van der Waals surface area contributed by atoms with E-state index in [4.69, 9.17) is 9.15 Å². The number of benzene rings is 1. The van der Waals surface area contributed by atoms with Crippen molar-refractivity contribution in [3.63, 3.8) is 0 Å². The highest BCUT2D eigenvalue weighted by Gasteiger charge is 2.26. The lowest BCUT2D eigenvalue weighted by molar-refractivity contribution is 0.0933. The Morgan fingerprint density at radius 1 is 1.22 bits per heavy atom. The van der Waals surface area contributed by atoms with Crippen LogP contribution in [-0.4, -0.2) is 24.7 Å². The van der Waals surface area contributed by atoms with Crippen LogP contribution in [0.25, 0.3) is 0 Å². The molecule has 1 unspecified atom stereocenters. The maximum atomic E-state index is 12.2. The third-order valence-corrected chi connectivity index (χ3v) is 4.07. The zero-order chi connectivity index (χ0) is 19.2. The molecular weight excluding hydrogens is 350 g/mol. The van der Waals surface area contributed by atoms with Gasteiger partial charge in [-0.2, -0.15) is 0 Å². The molecule has 0 bridgehead atoms. The quantitative estimate of drug-likeness (QED) is 0.670. The zero-order valence-electron chi connectivity index (χ0n) is 14.9. The Morgan fingerprint density at radius 3 is 2.78 bits per heavy atom. The molecule has 0 saturated carbocycles. The molecule has 1 atom stereocenters. The van der Waals surface area contributed by atoms with Gasteiger partial charge in [0.2, 0.25) is 5.88 Å². The van der Waals surface area contributed by atoms with E-state index >= 15 is 0 Å². The minimum Gasteiger partial charge on any atom is -0.445 e. The molecule has 3 N–H and O–H groups in total. The molecule has 0 spiro atoms. The van der Waals surface area contributed by atoms with Gasteiger partial charge in [0.15, 0.2) is 0 Å². The maximum Gasteiger partial charge on any atom is 0.407 e. The minimum atomic E-state index is -0.520. The third kappa shape index (κ3) is 4.87. The summed E-state index contributed by atoms with van der Waals surface area (Å²) in [4.78, 5) is 35.6. The molecule has 1 aliphatic rings. The first-order valence-corrected chi connectivity index (χ1v) is 8.72. The molecule has 27 heavy (non-hydrogen) atoms. The Labute approximate surface area is 155 Å². The predicted molar refractivity (Wildman–Crippen MR) is 98.5 cm³/mol. The van der Waals surface area contributed by atoms with E-state index in [9.17, 15) is 14.4 Å². The molecule has 8 heteroatoms. The summed E-state index contributed by atoms with van der Waals surface area (Å²) >= 11 is 0. The van der Waals surface area contributed by atoms with Gasteiger partial charge < -0.3 is 25.1 Å². The van der Waals surface area contributed by atoms with E-state index in [1.165, 1.54) is 6.07 Å². The fraction of sp³-hybridized carbons (Fsp3) is 0.316. The number of carbonyl (C=O) groups is 2. The van der Waals surface area contributed by atoms with Crippen molar-refractivity contribution in [2.24, 2.45) is 0 Å². The van der Waals surface area contributed by atoms with Crippen LogP contribution in [0.15, 0.2) is 45.6 Å². The number of rotatable bonds is 6. The molecule has 2 amide bonds. The molecule has 0 fully saturated rings. The molecule has 142 valence electrons. The van der Waals surface area contributed by atoms with Crippen molar-refractivity contribution in [1.29, 1.82) is 0 Å². The van der Waals surface area contributed by atoms with Gasteiger partial charge in [-0.1, -0.05) is 30.3 Å². The smallest absolute Gasteiger partial charge is 0.407 e. The number of aryl methyl sites for hydroxylation is 1. The van der Waals surface area contributed by atoms with E-state index in [1.807, 2.05) is 30.3 Å². The van der Waals surface area contributed by atoms with Crippen molar-refractivity contribution >= 4 is 17.9 Å². The number of anilines is 1. The zero-order valence-corrected chi connectivity index (χ0v) is 14.9. The molecule has 3 rings (SSSR count). The number of ether oxygens (including phenoxy) is 1. The number of nitrogens with one attached hydrogen (secondary N) is 3. The van der Waals surface area contributed by atoms with Crippen LogP contribution in [0, 0.1) is 0 Å². The van der Waals surface area contributed by atoms with Crippen LogP contribution < -0.4 is 21.6 Å². The van der Waals surface area contributed by atoms with Gasteiger partial charge in [0.25, 0.3) is 5.91 Å². The lowest BCUT2D eigenvalue weighted by Crippen LogP contribution is -2.43. The number of carbonyl (C=O) groups excluding carboxylic acids is 2. The van der Waals surface area contributed by atoms with Gasteiger partial charge in [-0.05, 0) is 30.9 Å². The fourth-order valence-electron chi connectivity index (χ4n) is 2.83. The first-order valence-electron chi connectivity index (χ1n) is 8.72. The lowest BCUT2D eigenvalue weighted by atomic mass is 10.0. The maximum absolute atomic E-state index is 12.2. The van der Waals surface area contributed by atoms with Crippen LogP contribution in [0.4, 0.5) is 10.7 Å². The van der Waals surface area contributed by atoms with Gasteiger partial charge in [-0.25, -0.2) is 9.59 Å². The number of alkyl carbamates (subject to hydrolysis) is 1. The van der Waals surface area contributed by atoms with E-state index in [-0.39, 0.29) is 24.6 Å². The van der Waals surface area contributed by atoms with Crippen LogP contribution in [-0.2, 0) is 17.8 Å². The Kier molecular flexibility index (Phi) is 5.75. The average Bonchev–Trinajstić information content (AvgIpc) is 2.63. The molecule has 1 aliphatic heterocycles. The molecule has 1 aromatic carbocycles. The van der Waals surface area contributed by atoms with Crippen LogP contribution in [0.1, 0.15) is 34.8 Å². The van der Waals surface area contributed by atoms with Crippen LogP contribution in [0.5, 0.6) is 0 Å². The van der Waals surface area contributed by atoms with Crippen molar-refractivity contribution in [1.82, 2.24) is 10.6 Å². The summed E-state index contributed by atoms with van der Waals surface area (Å²) in [6.07, 6.45) is 0.154. The molecule has 8 nitrogen and oxygen atoms in total. The second kappa shape index (κ2) is 8.39. The first kappa shape index (κ1) is 18.5. The molecule has 2 heterocycles. The number of amides is 2. The third-order valence-electron chi connectivity index (χ3n) is 4.07. The molecule has 0 aliphatic carbocycles. The highest BCUT2D eigenvalue weighted by molar-refractivity contribution is 6.01. The highest BCUT2D eigenvalue weighted by Crippen LogP contribution is 2.23. The predicted octanol–water partition coefficient (Wildman–Crippen LogP) is 2.00. The highest BCUT2D eigenvalue weighted by atomic mass is 16.5. The Hall–Kier alpha value is -3.29. The molecular formula is C19H21N3O5. The van der Waals surface area contributed by atoms with Crippen LogP contribution in [0.3, 0.4) is 0 Å². The number of hydrogen-bond donors (Lipinski definition) is 3. The molecule has 1 aromatic heterocycles. The largest absolute Gasteiger partial charge is 0.445 e. The first-order chi connectivity index (χ1) is 13.0. The van der Waals surface area contributed by atoms with Crippen molar-refractivity contribution in [3.05, 3.63) is 63.5 Å². The molecule has 2 aromatic rings. The Bertz CT molecular complexity index is 879. The Balaban J connectivity index is 1.50. The van der Waals surface area contributed by atoms with Gasteiger partial charge in [0.1, 0.15) is 12.2 Å². The summed E-state index contributed by atoms with van der Waals surface area (Å²) in [5, 5.41) is 8.32. The van der Waals surface area contributed by atoms with Crippen molar-refractivity contribution in [3.8, 4) is 0 Å². The van der Waals surface area contributed by atoms with E-state index in [0.717, 1.165) is 5.56 Å². The topological polar surface area (TPSA) is 110 Å². The van der Waals surface area contributed by atoms with Gasteiger partial charge in [0.05, 0.1) is 6.17 Å². The summed E-state index contributed by atoms with van der Waals surface area (Å²) in [6, 6.07) is 10.7. The van der Waals surface area contributed by atoms with Crippen LogP contribution >= 0.6 is 0 Å². The van der Waals surface area contributed by atoms with Crippen molar-refractivity contribution in [2.75, 3.05) is 11.9 Å². The van der Waals surface area contributed by atoms with E-state index in [2.05, 4.69) is 16.0 Å². The molecule has 0 radical (unpaired) electrons. The second-order valence-corrected chi connectivity index (χ2v) is 6.23. The van der Waals surface area contributed by atoms with Crippen molar-refractivity contribution in [2.45, 2.75) is 32.5 Å². The Morgan fingerprint density at radius 2 is 2.00 bits per heavy atom. The minimum absolute atomic E-state index is 0.184. The summed E-state index contributed by atoms with van der Waals surface area (Å²) in [5.41, 5.74) is 1.30. The number of fused-ring (bicyclic) bond motifs is 1. The normalized spacial score (nSPS) is 15.3. The van der Waals surface area contributed by atoms with Gasteiger partial charge >= 0.3 is 11.7 Å². The van der Waals surface area contributed by atoms with E-state index < -0.39 is 11.7 Å². The summed E-state index contributed by atoms with van der Waals surface area (Å²) in [7, 11) is 0. The SMILES string of the molecule is CC1NC(=O)c2c(CCCNC(=O)OCc3ccccc3)cc(=O)oc2N1. The van der Waals surface area contributed by atoms with Crippen molar-refractivity contribution < 1.29 is 18.7 Å². The second-order valence-electron chi connectivity index (χ2n) is 6.23. The summed E-state index contributed by atoms with van der Waals surface area (Å²) in [5.74, 6) is -0.103. The standard InChI is InChI=1S/C19H21N3O5/c1-12-21-17(24)16-14(10-15(23)27-18(16)22-12)8-5-9-20-19(25)26-11-13-6-3-2-4-7-13/h2-4,6-7,10,12,22H,5,8-9,11H2,1H3,(H,20,25)(H,21,24). The van der Waals surface area contributed by atoms with Crippen LogP contribution in [0.2, 0.25) is 0 Å². The van der Waals surface area contributed by atoms with Gasteiger partial charge in [-0.15, -0.1) is 0 Å². The monoisotopic (exact) mass is 371 g/mol. The molecule has 0 saturated heterocycles. The summed E-state index contributed by atoms with van der Waals surface area (Å²) in [6.45, 7) is 2.30. The van der Waals surface area contributed by atoms with Gasteiger partial charge in [0, 0.05) is 12.6 Å². The van der Waals surface area contributed by atoms with E-state index in [0.29, 0.717) is 30.5 Å². The van der Waals surface area contributed by atoms with Gasteiger partial charge in [-0.3, -0.25) is 4.79 Å². The summed E-state index contributed by atoms with van der Waals surface area (Å²) < 4.78 is 10.2. The number of hydrogen-bond acceptors (Lipinski definition) is 6. The average molecular weight is 371 g/mol. The fourth-order valence-corrected chi connectivity index (χ4v) is 2.83. The lowest BCUT2D eigenvalue weighted by Gasteiger charge is -2.24. The van der Waals surface area contributed by atoms with E-state index in [1.54, 1.807) is 6.92 Å².